The molecule has 1 unspecified atom stereocenters. The Hall–Kier alpha value is -2.19. The Bertz CT molecular complexity index is 736. The fourth-order valence-electron chi connectivity index (χ4n) is 2.57. The number of fused-ring (bicyclic) bond motifs is 1. The third-order valence-electron chi connectivity index (χ3n) is 3.67. The van der Waals surface area contributed by atoms with Gasteiger partial charge in [0.15, 0.2) is 0 Å². The predicted molar refractivity (Wildman–Crippen MR) is 81.6 cm³/mol. The summed E-state index contributed by atoms with van der Waals surface area (Å²) in [5, 5.41) is 11.7. The summed E-state index contributed by atoms with van der Waals surface area (Å²) in [5.41, 5.74) is 4.03. The first-order valence-electron chi connectivity index (χ1n) is 6.90. The first-order chi connectivity index (χ1) is 9.79. The van der Waals surface area contributed by atoms with E-state index in [0.717, 1.165) is 28.5 Å². The fourth-order valence-corrected chi connectivity index (χ4v) is 2.57. The molecule has 1 aromatic heterocycles. The first kappa shape index (κ1) is 12.8. The van der Waals surface area contributed by atoms with Crippen LogP contribution >= 0.6 is 0 Å². The molecule has 0 saturated carbocycles. The lowest BCUT2D eigenvalue weighted by Crippen LogP contribution is -2.03. The minimum Gasteiger partial charge on any atom is -0.384 e. The maximum atomic E-state index is 10.6. The predicted octanol–water partition coefficient (Wildman–Crippen LogP) is 3.88. The van der Waals surface area contributed by atoms with Crippen LogP contribution in [-0.2, 0) is 6.42 Å². The quantitative estimate of drug-likeness (QED) is 0.778. The molecule has 0 saturated heterocycles. The van der Waals surface area contributed by atoms with Crippen LogP contribution in [0.1, 0.15) is 29.7 Å². The maximum Gasteiger partial charge on any atom is 0.104 e. The van der Waals surface area contributed by atoms with Crippen LogP contribution in [0.25, 0.3) is 10.9 Å². The number of aryl methyl sites for hydroxylation is 1. The van der Waals surface area contributed by atoms with Gasteiger partial charge in [0.1, 0.15) is 6.10 Å². The normalized spacial score (nSPS) is 12.5. The molecule has 2 nitrogen and oxygen atoms in total. The van der Waals surface area contributed by atoms with Gasteiger partial charge >= 0.3 is 0 Å². The van der Waals surface area contributed by atoms with Gasteiger partial charge in [0.05, 0.1) is 5.52 Å². The van der Waals surface area contributed by atoms with E-state index in [1.807, 2.05) is 48.5 Å². The summed E-state index contributed by atoms with van der Waals surface area (Å²) in [6.45, 7) is 2.11. The van der Waals surface area contributed by atoms with Crippen LogP contribution in [-0.4, -0.2) is 10.1 Å². The van der Waals surface area contributed by atoms with Gasteiger partial charge in [-0.15, -0.1) is 0 Å². The lowest BCUT2D eigenvalue weighted by atomic mass is 9.95. The average molecular weight is 263 g/mol. The SMILES string of the molecule is CCc1ccccc1C(O)c1ccc2ncccc2c1. The molecule has 0 amide bonds. The lowest BCUT2D eigenvalue weighted by molar-refractivity contribution is 0.219. The largest absolute Gasteiger partial charge is 0.384 e. The third-order valence-corrected chi connectivity index (χ3v) is 3.67. The van der Waals surface area contributed by atoms with Gasteiger partial charge in [-0.05, 0) is 41.3 Å². The van der Waals surface area contributed by atoms with Crippen molar-refractivity contribution >= 4 is 10.9 Å². The van der Waals surface area contributed by atoms with E-state index in [2.05, 4.69) is 18.0 Å². The van der Waals surface area contributed by atoms with Crippen molar-refractivity contribution in [1.82, 2.24) is 4.98 Å². The molecule has 1 heterocycles. The molecule has 2 aromatic carbocycles. The number of aliphatic hydroxyl groups excluding tert-OH is 1. The highest BCUT2D eigenvalue weighted by Crippen LogP contribution is 2.27. The van der Waals surface area contributed by atoms with Crippen molar-refractivity contribution in [2.45, 2.75) is 19.4 Å². The van der Waals surface area contributed by atoms with Crippen LogP contribution in [0.5, 0.6) is 0 Å². The fraction of sp³-hybridized carbons (Fsp3) is 0.167. The summed E-state index contributed by atoms with van der Waals surface area (Å²) in [6, 6.07) is 17.9. The van der Waals surface area contributed by atoms with Gasteiger partial charge in [-0.2, -0.15) is 0 Å². The average Bonchev–Trinajstić information content (AvgIpc) is 2.53. The minimum atomic E-state index is -0.587. The number of hydrogen-bond acceptors (Lipinski definition) is 2. The van der Waals surface area contributed by atoms with Crippen LogP contribution in [0.2, 0.25) is 0 Å². The number of nitrogens with zero attached hydrogens (tertiary/aromatic N) is 1. The molecule has 3 rings (SSSR count). The van der Waals surface area contributed by atoms with Crippen LogP contribution in [0.3, 0.4) is 0 Å². The number of pyridine rings is 1. The summed E-state index contributed by atoms with van der Waals surface area (Å²) in [7, 11) is 0. The Labute approximate surface area is 118 Å². The van der Waals surface area contributed by atoms with E-state index in [1.54, 1.807) is 6.20 Å². The van der Waals surface area contributed by atoms with Crippen LogP contribution in [0.15, 0.2) is 60.8 Å². The molecule has 100 valence electrons. The first-order valence-corrected chi connectivity index (χ1v) is 6.90. The summed E-state index contributed by atoms with van der Waals surface area (Å²) in [4.78, 5) is 4.31. The molecular formula is C18H17NO. The van der Waals surface area contributed by atoms with Crippen molar-refractivity contribution in [3.05, 3.63) is 77.5 Å². The molecule has 0 aliphatic rings. The Balaban J connectivity index is 2.05. The van der Waals surface area contributed by atoms with E-state index in [1.165, 1.54) is 5.56 Å². The van der Waals surface area contributed by atoms with E-state index in [-0.39, 0.29) is 0 Å². The number of hydrogen-bond donors (Lipinski definition) is 1. The van der Waals surface area contributed by atoms with Crippen LogP contribution in [0, 0.1) is 0 Å². The topological polar surface area (TPSA) is 33.1 Å². The molecule has 0 spiro atoms. The van der Waals surface area contributed by atoms with Gasteiger partial charge in [0, 0.05) is 11.6 Å². The zero-order chi connectivity index (χ0) is 13.9. The Kier molecular flexibility index (Phi) is 3.48. The highest BCUT2D eigenvalue weighted by atomic mass is 16.3. The molecule has 0 radical (unpaired) electrons. The number of rotatable bonds is 3. The number of benzene rings is 2. The summed E-state index contributed by atoms with van der Waals surface area (Å²) in [6.07, 6.45) is 2.11. The van der Waals surface area contributed by atoms with Gasteiger partial charge in [-0.25, -0.2) is 0 Å². The Morgan fingerprint density at radius 1 is 1.05 bits per heavy atom. The molecule has 2 heteroatoms. The van der Waals surface area contributed by atoms with Crippen molar-refractivity contribution in [3.63, 3.8) is 0 Å². The van der Waals surface area contributed by atoms with Gasteiger partial charge in [0.2, 0.25) is 0 Å². The molecule has 0 bridgehead atoms. The summed E-state index contributed by atoms with van der Waals surface area (Å²) in [5.74, 6) is 0. The molecule has 1 atom stereocenters. The van der Waals surface area contributed by atoms with Gasteiger partial charge < -0.3 is 5.11 Å². The highest BCUT2D eigenvalue weighted by Gasteiger charge is 2.13. The minimum absolute atomic E-state index is 0.587. The monoisotopic (exact) mass is 263 g/mol. The Morgan fingerprint density at radius 3 is 2.75 bits per heavy atom. The second kappa shape index (κ2) is 5.43. The molecule has 3 aromatic rings. The summed E-state index contributed by atoms with van der Waals surface area (Å²) >= 11 is 0. The van der Waals surface area contributed by atoms with Gasteiger partial charge in [-0.3, -0.25) is 4.98 Å². The van der Waals surface area contributed by atoms with Crippen molar-refractivity contribution in [2.24, 2.45) is 0 Å². The van der Waals surface area contributed by atoms with E-state index in [9.17, 15) is 5.11 Å². The van der Waals surface area contributed by atoms with Gasteiger partial charge in [0.25, 0.3) is 0 Å². The zero-order valence-corrected chi connectivity index (χ0v) is 11.5. The van der Waals surface area contributed by atoms with Crippen molar-refractivity contribution in [3.8, 4) is 0 Å². The van der Waals surface area contributed by atoms with Crippen molar-refractivity contribution in [2.75, 3.05) is 0 Å². The molecule has 0 aliphatic heterocycles. The second-order valence-electron chi connectivity index (χ2n) is 4.91. The number of aliphatic hydroxyl groups is 1. The maximum absolute atomic E-state index is 10.6. The standard InChI is InChI=1S/C18H17NO/c1-2-13-6-3-4-8-16(13)18(20)15-9-10-17-14(12-15)7-5-11-19-17/h3-12,18,20H,2H2,1H3. The van der Waals surface area contributed by atoms with Gasteiger partial charge in [-0.1, -0.05) is 43.3 Å². The molecule has 1 N–H and O–H groups in total. The van der Waals surface area contributed by atoms with Crippen molar-refractivity contribution < 1.29 is 5.11 Å². The van der Waals surface area contributed by atoms with E-state index in [0.29, 0.717) is 0 Å². The van der Waals surface area contributed by atoms with Crippen LogP contribution < -0.4 is 0 Å². The van der Waals surface area contributed by atoms with Crippen molar-refractivity contribution in [1.29, 1.82) is 0 Å². The lowest BCUT2D eigenvalue weighted by Gasteiger charge is -2.15. The van der Waals surface area contributed by atoms with E-state index < -0.39 is 6.10 Å². The molecule has 0 fully saturated rings. The highest BCUT2D eigenvalue weighted by molar-refractivity contribution is 5.79. The smallest absolute Gasteiger partial charge is 0.104 e. The number of aromatic nitrogens is 1. The molecule has 0 aliphatic carbocycles. The zero-order valence-electron chi connectivity index (χ0n) is 11.5. The summed E-state index contributed by atoms with van der Waals surface area (Å²) < 4.78 is 0. The second-order valence-corrected chi connectivity index (χ2v) is 4.91. The van der Waals surface area contributed by atoms with Crippen LogP contribution in [0.4, 0.5) is 0 Å². The Morgan fingerprint density at radius 2 is 1.90 bits per heavy atom. The third kappa shape index (κ3) is 2.30. The molecule has 20 heavy (non-hydrogen) atoms. The van der Waals surface area contributed by atoms with E-state index >= 15 is 0 Å². The van der Waals surface area contributed by atoms with E-state index in [4.69, 9.17) is 0 Å². The molecular weight excluding hydrogens is 246 g/mol.